The van der Waals surface area contributed by atoms with E-state index >= 15 is 0 Å². The molecule has 15 heavy (non-hydrogen) atoms. The molecule has 0 aliphatic rings. The van der Waals surface area contributed by atoms with Gasteiger partial charge in [0.15, 0.2) is 8.32 Å². The lowest BCUT2D eigenvalue weighted by Crippen LogP contribution is -2.25. The van der Waals surface area contributed by atoms with Gasteiger partial charge in [0.2, 0.25) is 0 Å². The normalized spacial score (nSPS) is 11.7. The van der Waals surface area contributed by atoms with Crippen LogP contribution in [0.4, 0.5) is 0 Å². The maximum absolute atomic E-state index is 5.80. The van der Waals surface area contributed by atoms with Crippen LogP contribution in [0.3, 0.4) is 0 Å². The lowest BCUT2D eigenvalue weighted by molar-refractivity contribution is 0.298. The molecule has 0 aliphatic carbocycles. The highest BCUT2D eigenvalue weighted by Crippen LogP contribution is 2.09. The fraction of sp³-hybridized carbons (Fsp3) is 0.846. The van der Waals surface area contributed by atoms with Crippen LogP contribution in [0.2, 0.25) is 19.6 Å². The predicted octanol–water partition coefficient (Wildman–Crippen LogP) is 4.75. The molecule has 0 rings (SSSR count). The van der Waals surface area contributed by atoms with Crippen LogP contribution in [-0.4, -0.2) is 14.9 Å². The number of unbranched alkanes of at least 4 members (excludes halogenated alkanes) is 6. The van der Waals surface area contributed by atoms with Crippen molar-refractivity contribution in [2.75, 3.05) is 6.61 Å². The Kier molecular flexibility index (Phi) is 9.11. The van der Waals surface area contributed by atoms with Crippen LogP contribution in [0.5, 0.6) is 0 Å². The summed E-state index contributed by atoms with van der Waals surface area (Å²) in [6.45, 7) is 11.5. The van der Waals surface area contributed by atoms with Crippen LogP contribution in [0.15, 0.2) is 12.7 Å². The SMILES string of the molecule is C=CCCCCCCCCO[Si](C)(C)C. The number of allylic oxidation sites excluding steroid dienone is 1. The van der Waals surface area contributed by atoms with Crippen molar-refractivity contribution in [2.24, 2.45) is 0 Å². The van der Waals surface area contributed by atoms with Crippen LogP contribution >= 0.6 is 0 Å². The van der Waals surface area contributed by atoms with E-state index in [-0.39, 0.29) is 0 Å². The van der Waals surface area contributed by atoms with E-state index in [0.29, 0.717) is 0 Å². The highest BCUT2D eigenvalue weighted by Gasteiger charge is 2.12. The summed E-state index contributed by atoms with van der Waals surface area (Å²) in [7, 11) is -1.25. The van der Waals surface area contributed by atoms with E-state index in [4.69, 9.17) is 4.43 Å². The Morgan fingerprint density at radius 2 is 1.47 bits per heavy atom. The average Bonchev–Trinajstić information content (AvgIpc) is 2.14. The molecule has 0 unspecified atom stereocenters. The third-order valence-electron chi connectivity index (χ3n) is 2.34. The van der Waals surface area contributed by atoms with Gasteiger partial charge in [0.25, 0.3) is 0 Å². The molecule has 0 aliphatic heterocycles. The molecule has 0 fully saturated rings. The maximum atomic E-state index is 5.80. The molecule has 0 aromatic heterocycles. The number of hydrogen-bond donors (Lipinski definition) is 0. The molecule has 0 saturated heterocycles. The summed E-state index contributed by atoms with van der Waals surface area (Å²) in [5.41, 5.74) is 0. The molecule has 0 spiro atoms. The average molecular weight is 228 g/mol. The first-order valence-electron chi connectivity index (χ1n) is 6.31. The van der Waals surface area contributed by atoms with E-state index in [1.54, 1.807) is 0 Å². The second kappa shape index (κ2) is 9.17. The lowest BCUT2D eigenvalue weighted by atomic mass is 10.1. The van der Waals surface area contributed by atoms with Crippen LogP contribution in [-0.2, 0) is 4.43 Å². The van der Waals surface area contributed by atoms with Gasteiger partial charge in [0, 0.05) is 6.61 Å². The largest absolute Gasteiger partial charge is 0.418 e. The fourth-order valence-electron chi connectivity index (χ4n) is 1.48. The van der Waals surface area contributed by atoms with Crippen molar-refractivity contribution >= 4 is 8.32 Å². The zero-order chi connectivity index (χ0) is 11.6. The van der Waals surface area contributed by atoms with E-state index < -0.39 is 8.32 Å². The van der Waals surface area contributed by atoms with Crippen LogP contribution < -0.4 is 0 Å². The third-order valence-corrected chi connectivity index (χ3v) is 3.41. The minimum Gasteiger partial charge on any atom is -0.418 e. The van der Waals surface area contributed by atoms with Crippen LogP contribution in [0.25, 0.3) is 0 Å². The molecule has 2 heteroatoms. The maximum Gasteiger partial charge on any atom is 0.183 e. The molecule has 0 heterocycles. The molecule has 0 aromatic carbocycles. The van der Waals surface area contributed by atoms with Crippen molar-refractivity contribution in [2.45, 2.75) is 64.6 Å². The van der Waals surface area contributed by atoms with Gasteiger partial charge >= 0.3 is 0 Å². The third kappa shape index (κ3) is 13.9. The van der Waals surface area contributed by atoms with Gasteiger partial charge in [0.05, 0.1) is 0 Å². The van der Waals surface area contributed by atoms with E-state index in [9.17, 15) is 0 Å². The van der Waals surface area contributed by atoms with Crippen molar-refractivity contribution in [1.29, 1.82) is 0 Å². The summed E-state index contributed by atoms with van der Waals surface area (Å²) in [6.07, 6.45) is 11.2. The quantitative estimate of drug-likeness (QED) is 0.298. The fourth-order valence-corrected chi connectivity index (χ4v) is 2.23. The summed E-state index contributed by atoms with van der Waals surface area (Å²) < 4.78 is 5.80. The summed E-state index contributed by atoms with van der Waals surface area (Å²) in [6, 6.07) is 0. The highest BCUT2D eigenvalue weighted by atomic mass is 28.4. The van der Waals surface area contributed by atoms with E-state index in [1.165, 1.54) is 44.9 Å². The highest BCUT2D eigenvalue weighted by molar-refractivity contribution is 6.69. The van der Waals surface area contributed by atoms with Gasteiger partial charge in [-0.25, -0.2) is 0 Å². The molecule has 1 nitrogen and oxygen atoms in total. The standard InChI is InChI=1S/C13H28OSi/c1-5-6-7-8-9-10-11-12-13-14-15(2,3)4/h5H,1,6-13H2,2-4H3. The summed E-state index contributed by atoms with van der Waals surface area (Å²) >= 11 is 0. The Morgan fingerprint density at radius 1 is 0.933 bits per heavy atom. The number of rotatable bonds is 10. The molecule has 0 N–H and O–H groups in total. The predicted molar refractivity (Wildman–Crippen MR) is 71.8 cm³/mol. The van der Waals surface area contributed by atoms with Crippen molar-refractivity contribution in [3.8, 4) is 0 Å². The van der Waals surface area contributed by atoms with E-state index in [2.05, 4.69) is 26.2 Å². The topological polar surface area (TPSA) is 9.23 Å². The lowest BCUT2D eigenvalue weighted by Gasteiger charge is -2.16. The Morgan fingerprint density at radius 3 is 2.00 bits per heavy atom. The summed E-state index contributed by atoms with van der Waals surface area (Å²) in [4.78, 5) is 0. The molecular formula is C13H28OSi. The first-order valence-corrected chi connectivity index (χ1v) is 9.72. The first-order chi connectivity index (χ1) is 7.06. The minimum atomic E-state index is -1.25. The Labute approximate surface area is 97.0 Å². The van der Waals surface area contributed by atoms with E-state index in [0.717, 1.165) is 6.61 Å². The van der Waals surface area contributed by atoms with Crippen molar-refractivity contribution in [3.63, 3.8) is 0 Å². The number of hydrogen-bond acceptors (Lipinski definition) is 1. The molecule has 0 radical (unpaired) electrons. The molecule has 0 atom stereocenters. The van der Waals surface area contributed by atoms with Gasteiger partial charge in [-0.15, -0.1) is 6.58 Å². The van der Waals surface area contributed by atoms with Crippen LogP contribution in [0, 0.1) is 0 Å². The monoisotopic (exact) mass is 228 g/mol. The minimum absolute atomic E-state index is 0.975. The van der Waals surface area contributed by atoms with E-state index in [1.807, 2.05) is 6.08 Å². The van der Waals surface area contributed by atoms with Gasteiger partial charge < -0.3 is 4.43 Å². The molecule has 90 valence electrons. The Balaban J connectivity index is 3.02. The van der Waals surface area contributed by atoms with Crippen molar-refractivity contribution in [3.05, 3.63) is 12.7 Å². The van der Waals surface area contributed by atoms with Gasteiger partial charge in [-0.3, -0.25) is 0 Å². The molecular weight excluding hydrogens is 200 g/mol. The second-order valence-corrected chi connectivity index (χ2v) is 9.67. The Hall–Kier alpha value is -0.0831. The zero-order valence-electron chi connectivity index (χ0n) is 10.8. The molecule has 0 saturated carbocycles. The molecule has 0 aromatic rings. The second-order valence-electron chi connectivity index (χ2n) is 5.16. The summed E-state index contributed by atoms with van der Waals surface area (Å²) in [5.74, 6) is 0. The Bertz CT molecular complexity index is 149. The smallest absolute Gasteiger partial charge is 0.183 e. The summed E-state index contributed by atoms with van der Waals surface area (Å²) in [5, 5.41) is 0. The van der Waals surface area contributed by atoms with Gasteiger partial charge in [-0.1, -0.05) is 31.8 Å². The van der Waals surface area contributed by atoms with Gasteiger partial charge in [0.1, 0.15) is 0 Å². The first kappa shape index (κ1) is 14.9. The van der Waals surface area contributed by atoms with Crippen LogP contribution in [0.1, 0.15) is 44.9 Å². The van der Waals surface area contributed by atoms with Gasteiger partial charge in [-0.05, 0) is 38.9 Å². The zero-order valence-corrected chi connectivity index (χ0v) is 11.8. The van der Waals surface area contributed by atoms with Crippen molar-refractivity contribution in [1.82, 2.24) is 0 Å². The van der Waals surface area contributed by atoms with Crippen molar-refractivity contribution < 1.29 is 4.43 Å². The van der Waals surface area contributed by atoms with Gasteiger partial charge in [-0.2, -0.15) is 0 Å². The molecule has 0 bridgehead atoms. The molecule has 0 amide bonds.